The molecule has 2 rings (SSSR count). The third-order valence-electron chi connectivity index (χ3n) is 4.76. The number of esters is 2. The molecule has 0 bridgehead atoms. The van der Waals surface area contributed by atoms with E-state index in [1.54, 1.807) is 33.8 Å². The molecule has 0 aromatic carbocycles. The number of carbonyl (C=O) groups excluding carboxylic acids is 3. The monoisotopic (exact) mass is 376 g/mol. The lowest BCUT2D eigenvalue weighted by atomic mass is 9.69. The fourth-order valence-corrected chi connectivity index (χ4v) is 3.57. The Morgan fingerprint density at radius 2 is 1.85 bits per heavy atom. The molecule has 4 atom stereocenters. The first-order chi connectivity index (χ1) is 12.9. The van der Waals surface area contributed by atoms with Gasteiger partial charge >= 0.3 is 11.9 Å². The summed E-state index contributed by atoms with van der Waals surface area (Å²) >= 11 is 0. The molecule has 0 saturated carbocycles. The standard InChI is InChI=1S/C19H24N2O6/c1-5-26-18(23)15-11(3)20-14(10-22)17(19(24)27-6-2)16(15)13-8-7-9-21(25)12(13)4/h7-10,14-17H,5-6H2,1-4H3. The van der Waals surface area contributed by atoms with Gasteiger partial charge in [0.2, 0.25) is 0 Å². The van der Waals surface area contributed by atoms with Crippen LogP contribution in [0.5, 0.6) is 0 Å². The van der Waals surface area contributed by atoms with E-state index >= 15 is 0 Å². The van der Waals surface area contributed by atoms with Crippen molar-refractivity contribution in [2.24, 2.45) is 16.8 Å². The van der Waals surface area contributed by atoms with Crippen LogP contribution in [0.3, 0.4) is 0 Å². The molecule has 1 aromatic rings. The Kier molecular flexibility index (Phi) is 6.65. The van der Waals surface area contributed by atoms with E-state index < -0.39 is 35.7 Å². The largest absolute Gasteiger partial charge is 0.619 e. The fraction of sp³-hybridized carbons (Fsp3) is 0.526. The van der Waals surface area contributed by atoms with Crippen molar-refractivity contribution in [1.29, 1.82) is 0 Å². The Labute approximate surface area is 157 Å². The van der Waals surface area contributed by atoms with E-state index in [0.717, 1.165) is 0 Å². The zero-order valence-corrected chi connectivity index (χ0v) is 15.9. The predicted molar refractivity (Wildman–Crippen MR) is 96.1 cm³/mol. The molecule has 0 spiro atoms. The van der Waals surface area contributed by atoms with Crippen molar-refractivity contribution in [3.63, 3.8) is 0 Å². The van der Waals surface area contributed by atoms with E-state index in [4.69, 9.17) is 9.47 Å². The van der Waals surface area contributed by atoms with Crippen LogP contribution < -0.4 is 4.73 Å². The third-order valence-corrected chi connectivity index (χ3v) is 4.76. The van der Waals surface area contributed by atoms with E-state index in [0.29, 0.717) is 28.0 Å². The van der Waals surface area contributed by atoms with Gasteiger partial charge in [0, 0.05) is 30.2 Å². The Balaban J connectivity index is 2.70. The summed E-state index contributed by atoms with van der Waals surface area (Å²) in [5.74, 6) is -3.90. The summed E-state index contributed by atoms with van der Waals surface area (Å²) in [5, 5.41) is 12.1. The molecular weight excluding hydrogens is 352 g/mol. The van der Waals surface area contributed by atoms with Crippen LogP contribution in [-0.2, 0) is 23.9 Å². The van der Waals surface area contributed by atoms with E-state index in [1.165, 1.54) is 12.3 Å². The molecule has 0 amide bonds. The second kappa shape index (κ2) is 8.75. The molecule has 0 aliphatic carbocycles. The van der Waals surface area contributed by atoms with Gasteiger partial charge in [-0.25, -0.2) is 0 Å². The number of hydrogen-bond donors (Lipinski definition) is 0. The summed E-state index contributed by atoms with van der Waals surface area (Å²) in [5.41, 5.74) is 1.21. The first kappa shape index (κ1) is 20.5. The molecule has 0 fully saturated rings. The maximum absolute atomic E-state index is 12.7. The zero-order valence-electron chi connectivity index (χ0n) is 15.9. The number of nitrogens with zero attached hydrogens (tertiary/aromatic N) is 2. The fourth-order valence-electron chi connectivity index (χ4n) is 3.57. The minimum atomic E-state index is -1.03. The summed E-state index contributed by atoms with van der Waals surface area (Å²) < 4.78 is 11.0. The maximum Gasteiger partial charge on any atom is 0.315 e. The summed E-state index contributed by atoms with van der Waals surface area (Å²) in [4.78, 5) is 41.3. The first-order valence-electron chi connectivity index (χ1n) is 8.88. The van der Waals surface area contributed by atoms with Gasteiger partial charge in [0.05, 0.1) is 19.1 Å². The quantitative estimate of drug-likeness (QED) is 0.318. The van der Waals surface area contributed by atoms with Crippen molar-refractivity contribution in [2.45, 2.75) is 39.7 Å². The SMILES string of the molecule is CCOC(=O)C1C(C)=NC(C=O)C(C(=O)OCC)C1c1ccc[n+]([O-])c1C. The van der Waals surface area contributed by atoms with Crippen LogP contribution in [0.1, 0.15) is 37.9 Å². The van der Waals surface area contributed by atoms with Crippen LogP contribution in [-0.4, -0.2) is 43.2 Å². The van der Waals surface area contributed by atoms with Gasteiger partial charge in [-0.3, -0.25) is 14.6 Å². The van der Waals surface area contributed by atoms with Crippen molar-refractivity contribution in [1.82, 2.24) is 0 Å². The lowest BCUT2D eigenvalue weighted by Gasteiger charge is -2.37. The van der Waals surface area contributed by atoms with E-state index in [2.05, 4.69) is 4.99 Å². The number of rotatable bonds is 6. The molecule has 27 heavy (non-hydrogen) atoms. The van der Waals surface area contributed by atoms with Crippen molar-refractivity contribution in [2.75, 3.05) is 13.2 Å². The smallest absolute Gasteiger partial charge is 0.315 e. The molecule has 1 aliphatic rings. The molecule has 0 N–H and O–H groups in total. The first-order valence-corrected chi connectivity index (χ1v) is 8.88. The molecule has 8 heteroatoms. The number of aldehydes is 1. The highest BCUT2D eigenvalue weighted by atomic mass is 16.5. The number of carbonyl (C=O) groups is 3. The zero-order chi connectivity index (χ0) is 20.1. The lowest BCUT2D eigenvalue weighted by Crippen LogP contribution is -2.48. The summed E-state index contributed by atoms with van der Waals surface area (Å²) in [7, 11) is 0. The number of aliphatic imine (C=N–C) groups is 1. The van der Waals surface area contributed by atoms with Gasteiger partial charge in [0.15, 0.2) is 11.9 Å². The summed E-state index contributed by atoms with van der Waals surface area (Å²) in [6, 6.07) is 2.21. The molecule has 0 radical (unpaired) electrons. The van der Waals surface area contributed by atoms with Gasteiger partial charge in [0.25, 0.3) is 0 Å². The Hall–Kier alpha value is -2.77. The molecule has 8 nitrogen and oxygen atoms in total. The van der Waals surface area contributed by atoms with Crippen LogP contribution in [0.4, 0.5) is 0 Å². The highest BCUT2D eigenvalue weighted by Crippen LogP contribution is 2.41. The molecular formula is C19H24N2O6. The molecule has 2 heterocycles. The number of pyridine rings is 1. The van der Waals surface area contributed by atoms with Crippen LogP contribution in [0.25, 0.3) is 0 Å². The van der Waals surface area contributed by atoms with Crippen LogP contribution in [0.2, 0.25) is 0 Å². The van der Waals surface area contributed by atoms with E-state index in [1.807, 2.05) is 0 Å². The van der Waals surface area contributed by atoms with Gasteiger partial charge in [-0.05, 0) is 26.8 Å². The van der Waals surface area contributed by atoms with Crippen molar-refractivity contribution >= 4 is 23.9 Å². The second-order valence-corrected chi connectivity index (χ2v) is 6.31. The molecule has 4 unspecified atom stereocenters. The minimum absolute atomic E-state index is 0.121. The lowest BCUT2D eigenvalue weighted by molar-refractivity contribution is -0.612. The normalized spacial score (nSPS) is 24.7. The van der Waals surface area contributed by atoms with Gasteiger partial charge in [-0.15, -0.1) is 0 Å². The molecule has 146 valence electrons. The van der Waals surface area contributed by atoms with Gasteiger partial charge < -0.3 is 19.5 Å². The van der Waals surface area contributed by atoms with E-state index in [-0.39, 0.29) is 13.2 Å². The number of hydrogen-bond acceptors (Lipinski definition) is 7. The third kappa shape index (κ3) is 3.99. The highest BCUT2D eigenvalue weighted by Gasteiger charge is 2.50. The number of ether oxygens (including phenoxy) is 2. The molecule has 0 saturated heterocycles. The highest BCUT2D eigenvalue weighted by molar-refractivity contribution is 6.04. The molecule has 1 aliphatic heterocycles. The Bertz CT molecular complexity index is 761. The Morgan fingerprint density at radius 1 is 1.22 bits per heavy atom. The van der Waals surface area contributed by atoms with Gasteiger partial charge in [-0.1, -0.05) is 0 Å². The van der Waals surface area contributed by atoms with Gasteiger partial charge in [0.1, 0.15) is 18.2 Å². The maximum atomic E-state index is 12.7. The molecule has 1 aromatic heterocycles. The van der Waals surface area contributed by atoms with Crippen LogP contribution in [0, 0.1) is 24.0 Å². The average molecular weight is 376 g/mol. The summed E-state index contributed by atoms with van der Waals surface area (Å²) in [6.45, 7) is 6.84. The van der Waals surface area contributed by atoms with E-state index in [9.17, 15) is 19.6 Å². The number of aromatic nitrogens is 1. The predicted octanol–water partition coefficient (Wildman–Crippen LogP) is 1.11. The van der Waals surface area contributed by atoms with Gasteiger partial charge in [-0.2, -0.15) is 4.73 Å². The van der Waals surface area contributed by atoms with Crippen molar-refractivity contribution in [3.8, 4) is 0 Å². The van der Waals surface area contributed by atoms with Crippen LogP contribution in [0.15, 0.2) is 23.3 Å². The Morgan fingerprint density at radius 3 is 2.44 bits per heavy atom. The average Bonchev–Trinajstić information content (AvgIpc) is 2.63. The summed E-state index contributed by atoms with van der Waals surface area (Å²) in [6.07, 6.45) is 1.90. The topological polar surface area (TPSA) is 109 Å². The minimum Gasteiger partial charge on any atom is -0.619 e. The second-order valence-electron chi connectivity index (χ2n) is 6.31. The van der Waals surface area contributed by atoms with Crippen molar-refractivity contribution < 1.29 is 28.6 Å². The van der Waals surface area contributed by atoms with Crippen LogP contribution >= 0.6 is 0 Å². The van der Waals surface area contributed by atoms with Crippen molar-refractivity contribution in [3.05, 3.63) is 34.8 Å².